The number of nitrogens with two attached hydrogens (primary N) is 1. The van der Waals surface area contributed by atoms with Crippen LogP contribution in [-0.4, -0.2) is 26.5 Å². The van der Waals surface area contributed by atoms with Gasteiger partial charge in [0.2, 0.25) is 11.1 Å². The van der Waals surface area contributed by atoms with Crippen LogP contribution in [0.1, 0.15) is 43.8 Å². The Morgan fingerprint density at radius 2 is 2.04 bits per heavy atom. The zero-order valence-corrected chi connectivity index (χ0v) is 15.9. The van der Waals surface area contributed by atoms with Crippen molar-refractivity contribution in [3.8, 4) is 0 Å². The predicted molar refractivity (Wildman–Crippen MR) is 102 cm³/mol. The molecular formula is C16H19Cl2N5OS. The van der Waals surface area contributed by atoms with E-state index in [2.05, 4.69) is 15.5 Å². The van der Waals surface area contributed by atoms with Crippen LogP contribution < -0.4 is 11.2 Å². The van der Waals surface area contributed by atoms with Crippen molar-refractivity contribution >= 4 is 46.6 Å². The zero-order valence-electron chi connectivity index (χ0n) is 13.5. The van der Waals surface area contributed by atoms with Gasteiger partial charge in [0.05, 0.1) is 21.5 Å². The van der Waals surface area contributed by atoms with Crippen LogP contribution in [0.3, 0.4) is 0 Å². The molecule has 0 aliphatic heterocycles. The molecule has 1 aromatic carbocycles. The van der Waals surface area contributed by atoms with E-state index in [0.29, 0.717) is 26.8 Å². The molecule has 3 rings (SSSR count). The molecule has 1 saturated carbocycles. The fourth-order valence-electron chi connectivity index (χ4n) is 2.94. The summed E-state index contributed by atoms with van der Waals surface area (Å²) in [7, 11) is 0. The number of rotatable bonds is 5. The number of halogens is 2. The third-order valence-electron chi connectivity index (χ3n) is 4.22. The van der Waals surface area contributed by atoms with Gasteiger partial charge in [0.25, 0.3) is 0 Å². The van der Waals surface area contributed by atoms with Gasteiger partial charge in [0, 0.05) is 5.92 Å². The topological polar surface area (TPSA) is 85.8 Å². The first kappa shape index (κ1) is 18.4. The van der Waals surface area contributed by atoms with Gasteiger partial charge in [0.1, 0.15) is 0 Å². The molecule has 0 atom stereocenters. The van der Waals surface area contributed by atoms with Crippen molar-refractivity contribution in [3.05, 3.63) is 34.1 Å². The molecule has 0 radical (unpaired) electrons. The molecule has 134 valence electrons. The Hall–Kier alpha value is -1.44. The summed E-state index contributed by atoms with van der Waals surface area (Å²) in [5, 5.41) is 12.3. The number of hydrogen-bond acceptors (Lipinski definition) is 5. The van der Waals surface area contributed by atoms with Crippen molar-refractivity contribution in [2.75, 3.05) is 16.9 Å². The average Bonchev–Trinajstić information content (AvgIpc) is 2.99. The van der Waals surface area contributed by atoms with Crippen LogP contribution >= 0.6 is 35.0 Å². The number of carbonyl (C=O) groups excluding carboxylic acids is 1. The highest BCUT2D eigenvalue weighted by atomic mass is 35.5. The lowest BCUT2D eigenvalue weighted by Crippen LogP contribution is -2.19. The van der Waals surface area contributed by atoms with Gasteiger partial charge in [-0.05, 0) is 25.0 Å². The highest BCUT2D eigenvalue weighted by molar-refractivity contribution is 7.99. The van der Waals surface area contributed by atoms with Crippen LogP contribution in [0.4, 0.5) is 5.69 Å². The molecule has 3 N–H and O–H groups in total. The number of nitrogens with one attached hydrogen (secondary N) is 1. The minimum absolute atomic E-state index is 0.156. The lowest BCUT2D eigenvalue weighted by molar-refractivity contribution is -0.113. The van der Waals surface area contributed by atoms with E-state index in [0.717, 1.165) is 18.7 Å². The molecule has 1 amide bonds. The van der Waals surface area contributed by atoms with E-state index in [1.807, 2.05) is 0 Å². The Kier molecular flexibility index (Phi) is 6.09. The summed E-state index contributed by atoms with van der Waals surface area (Å²) in [5.74, 6) is 7.23. The second-order valence-corrected chi connectivity index (χ2v) is 7.71. The van der Waals surface area contributed by atoms with Crippen LogP contribution in [0.5, 0.6) is 0 Å². The lowest BCUT2D eigenvalue weighted by atomic mass is 9.89. The van der Waals surface area contributed by atoms with Gasteiger partial charge < -0.3 is 11.2 Å². The minimum atomic E-state index is -0.212. The number of nitrogens with zero attached hydrogens (tertiary/aromatic N) is 3. The maximum atomic E-state index is 12.1. The first-order chi connectivity index (χ1) is 12.1. The van der Waals surface area contributed by atoms with Gasteiger partial charge in [-0.1, -0.05) is 60.3 Å². The minimum Gasteiger partial charge on any atom is -0.336 e. The number of thioether (sulfide) groups is 1. The molecule has 0 unspecified atom stereocenters. The largest absolute Gasteiger partial charge is 0.336 e. The molecule has 2 aromatic rings. The Labute approximate surface area is 160 Å². The number of carbonyl (C=O) groups is 1. The van der Waals surface area contributed by atoms with Gasteiger partial charge >= 0.3 is 0 Å². The maximum Gasteiger partial charge on any atom is 0.234 e. The molecule has 0 bridgehead atoms. The van der Waals surface area contributed by atoms with Crippen molar-refractivity contribution in [1.29, 1.82) is 0 Å². The summed E-state index contributed by atoms with van der Waals surface area (Å²) in [4.78, 5) is 12.1. The Morgan fingerprint density at radius 1 is 1.28 bits per heavy atom. The fraction of sp³-hybridized carbons (Fsp3) is 0.438. The molecule has 0 saturated heterocycles. The van der Waals surface area contributed by atoms with Crippen molar-refractivity contribution in [3.63, 3.8) is 0 Å². The molecule has 1 heterocycles. The molecule has 1 aliphatic carbocycles. The highest BCUT2D eigenvalue weighted by Gasteiger charge is 2.22. The monoisotopic (exact) mass is 399 g/mol. The highest BCUT2D eigenvalue weighted by Crippen LogP contribution is 2.32. The summed E-state index contributed by atoms with van der Waals surface area (Å²) in [5.41, 5.74) is 0.483. The number of amides is 1. The van der Waals surface area contributed by atoms with Gasteiger partial charge in [-0.3, -0.25) is 4.79 Å². The SMILES string of the molecule is Nn1c(SCC(=O)Nc2cccc(Cl)c2Cl)nnc1C1CCCCC1. The van der Waals surface area contributed by atoms with E-state index in [1.165, 1.54) is 35.7 Å². The second kappa shape index (κ2) is 8.29. The number of anilines is 1. The smallest absolute Gasteiger partial charge is 0.234 e. The van der Waals surface area contributed by atoms with E-state index in [4.69, 9.17) is 29.0 Å². The van der Waals surface area contributed by atoms with Gasteiger partial charge in [-0.2, -0.15) is 0 Å². The summed E-state index contributed by atoms with van der Waals surface area (Å²) in [6.45, 7) is 0. The molecule has 1 aromatic heterocycles. The van der Waals surface area contributed by atoms with Crippen molar-refractivity contribution in [2.45, 2.75) is 43.2 Å². The lowest BCUT2D eigenvalue weighted by Gasteiger charge is -2.20. The van der Waals surface area contributed by atoms with Crippen molar-refractivity contribution in [1.82, 2.24) is 14.9 Å². The first-order valence-electron chi connectivity index (χ1n) is 8.13. The summed E-state index contributed by atoms with van der Waals surface area (Å²) in [6, 6.07) is 5.09. The number of benzene rings is 1. The fourth-order valence-corrected chi connectivity index (χ4v) is 3.95. The van der Waals surface area contributed by atoms with Crippen LogP contribution in [0.15, 0.2) is 23.4 Å². The molecule has 0 spiro atoms. The predicted octanol–water partition coefficient (Wildman–Crippen LogP) is 4.08. The van der Waals surface area contributed by atoms with Crippen LogP contribution in [0.2, 0.25) is 10.0 Å². The van der Waals surface area contributed by atoms with E-state index in [-0.39, 0.29) is 11.7 Å². The zero-order chi connectivity index (χ0) is 17.8. The first-order valence-corrected chi connectivity index (χ1v) is 9.87. The van der Waals surface area contributed by atoms with Crippen molar-refractivity contribution in [2.24, 2.45) is 0 Å². The van der Waals surface area contributed by atoms with E-state index < -0.39 is 0 Å². The molecule has 1 fully saturated rings. The molecule has 1 aliphatic rings. The standard InChI is InChI=1S/C16H19Cl2N5OS/c17-11-7-4-8-12(14(11)18)20-13(24)9-25-16-22-21-15(23(16)19)10-5-2-1-3-6-10/h4,7-8,10H,1-3,5-6,9,19H2,(H,20,24). The Bertz CT molecular complexity index is 761. The van der Waals surface area contributed by atoms with E-state index >= 15 is 0 Å². The van der Waals surface area contributed by atoms with Crippen LogP contribution in [-0.2, 0) is 4.79 Å². The number of hydrogen-bond donors (Lipinski definition) is 2. The van der Waals surface area contributed by atoms with E-state index in [9.17, 15) is 4.79 Å². The Morgan fingerprint density at radius 3 is 2.80 bits per heavy atom. The number of nitrogen functional groups attached to an aromatic ring is 1. The third kappa shape index (κ3) is 4.40. The third-order valence-corrected chi connectivity index (χ3v) is 5.98. The van der Waals surface area contributed by atoms with Crippen LogP contribution in [0.25, 0.3) is 0 Å². The summed E-state index contributed by atoms with van der Waals surface area (Å²) >= 11 is 13.3. The van der Waals surface area contributed by atoms with Gasteiger partial charge in [-0.25, -0.2) is 4.68 Å². The normalized spacial score (nSPS) is 15.3. The molecule has 9 heteroatoms. The average molecular weight is 400 g/mol. The van der Waals surface area contributed by atoms with Crippen LogP contribution in [0, 0.1) is 0 Å². The second-order valence-electron chi connectivity index (χ2n) is 5.98. The Balaban J connectivity index is 1.59. The van der Waals surface area contributed by atoms with E-state index in [1.54, 1.807) is 18.2 Å². The quantitative estimate of drug-likeness (QED) is 0.584. The molecular weight excluding hydrogens is 381 g/mol. The van der Waals surface area contributed by atoms with Crippen molar-refractivity contribution < 1.29 is 4.79 Å². The molecule has 6 nitrogen and oxygen atoms in total. The van der Waals surface area contributed by atoms with Gasteiger partial charge in [-0.15, -0.1) is 10.2 Å². The number of aromatic nitrogens is 3. The molecule has 25 heavy (non-hydrogen) atoms. The summed E-state index contributed by atoms with van der Waals surface area (Å²) in [6.07, 6.45) is 5.84. The summed E-state index contributed by atoms with van der Waals surface area (Å²) < 4.78 is 1.51. The maximum absolute atomic E-state index is 12.1. The van der Waals surface area contributed by atoms with Gasteiger partial charge in [0.15, 0.2) is 5.82 Å².